The molecule has 5 heteroatoms. The van der Waals surface area contributed by atoms with Gasteiger partial charge in [0.2, 0.25) is 5.95 Å². The van der Waals surface area contributed by atoms with Crippen LogP contribution in [-0.2, 0) is 11.3 Å². The predicted molar refractivity (Wildman–Crippen MR) is 99.5 cm³/mol. The number of ether oxygens (including phenoxy) is 1. The summed E-state index contributed by atoms with van der Waals surface area (Å²) in [6.45, 7) is 4.96. The van der Waals surface area contributed by atoms with Crippen molar-refractivity contribution in [1.29, 1.82) is 0 Å². The second kappa shape index (κ2) is 8.26. The summed E-state index contributed by atoms with van der Waals surface area (Å²) in [5, 5.41) is 3.22. The molecule has 3 heterocycles. The number of hydrogen-bond acceptors (Lipinski definition) is 5. The van der Waals surface area contributed by atoms with Gasteiger partial charge < -0.3 is 14.5 Å². The summed E-state index contributed by atoms with van der Waals surface area (Å²) < 4.78 is 11.4. The van der Waals surface area contributed by atoms with Gasteiger partial charge in [-0.1, -0.05) is 38.1 Å². The van der Waals surface area contributed by atoms with Gasteiger partial charge in [-0.05, 0) is 35.9 Å². The minimum Gasteiger partial charge on any atom is -0.457 e. The van der Waals surface area contributed by atoms with Gasteiger partial charge in [0, 0.05) is 11.9 Å². The molecule has 128 valence electrons. The number of nitrogens with zero attached hydrogens (tertiary/aromatic N) is 2. The van der Waals surface area contributed by atoms with E-state index in [1.54, 1.807) is 6.20 Å². The van der Waals surface area contributed by atoms with Crippen molar-refractivity contribution in [2.45, 2.75) is 20.5 Å². The lowest BCUT2D eigenvalue weighted by molar-refractivity contribution is 0.132. The average molecular weight is 335 g/mol. The Bertz CT molecular complexity index is 855. The minimum atomic E-state index is 0.431. The first-order valence-corrected chi connectivity index (χ1v) is 8.40. The zero-order valence-electron chi connectivity index (χ0n) is 14.4. The molecule has 0 aliphatic carbocycles. The largest absolute Gasteiger partial charge is 0.457 e. The summed E-state index contributed by atoms with van der Waals surface area (Å²) in [5.41, 5.74) is 2.75. The van der Waals surface area contributed by atoms with Crippen LogP contribution in [0.4, 0.5) is 11.6 Å². The molecule has 0 saturated carbocycles. The summed E-state index contributed by atoms with van der Waals surface area (Å²) in [6, 6.07) is 13.7. The van der Waals surface area contributed by atoms with E-state index in [2.05, 4.69) is 15.3 Å². The van der Waals surface area contributed by atoms with E-state index in [9.17, 15) is 0 Å². The third kappa shape index (κ3) is 4.33. The fourth-order valence-corrected chi connectivity index (χ4v) is 2.41. The first-order valence-electron chi connectivity index (χ1n) is 8.40. The van der Waals surface area contributed by atoms with Crippen LogP contribution in [0.25, 0.3) is 17.5 Å². The van der Waals surface area contributed by atoms with Gasteiger partial charge in [-0.25, -0.2) is 9.97 Å². The quantitative estimate of drug-likeness (QED) is 0.623. The van der Waals surface area contributed by atoms with E-state index < -0.39 is 0 Å². The van der Waals surface area contributed by atoms with Crippen molar-refractivity contribution in [3.63, 3.8) is 0 Å². The van der Waals surface area contributed by atoms with Crippen LogP contribution in [-0.4, -0.2) is 16.6 Å². The Hall–Kier alpha value is -2.92. The molecule has 1 aliphatic rings. The van der Waals surface area contributed by atoms with Gasteiger partial charge in [-0.2, -0.15) is 0 Å². The monoisotopic (exact) mass is 335 g/mol. The standard InChI is InChI=1S/C18H15N3O2.C2H6/c1-3-13-4-2-10-22-12-15-6-7-17(23-15)16-8-9-19-18(21-16)20-14(5-1)11-13;1-2/h1-9,11H,10,12H2,(H,19,20,21);1-2H3/b4-2-;. The number of furan rings is 1. The van der Waals surface area contributed by atoms with E-state index >= 15 is 0 Å². The van der Waals surface area contributed by atoms with Gasteiger partial charge in [-0.15, -0.1) is 0 Å². The Morgan fingerprint density at radius 3 is 2.92 bits per heavy atom. The Morgan fingerprint density at radius 1 is 1.08 bits per heavy atom. The maximum atomic E-state index is 5.78. The lowest BCUT2D eigenvalue weighted by Crippen LogP contribution is -1.97. The zero-order chi connectivity index (χ0) is 17.5. The SMILES string of the molecule is C1=C\c2cccc(c2)Nc2nccc(n2)-c2ccc(o2)COC/1.CC. The van der Waals surface area contributed by atoms with Crippen molar-refractivity contribution in [2.75, 3.05) is 11.9 Å². The van der Waals surface area contributed by atoms with Gasteiger partial charge in [0.15, 0.2) is 5.76 Å². The second-order valence-corrected chi connectivity index (χ2v) is 5.20. The molecule has 0 radical (unpaired) electrons. The number of hydrogen-bond donors (Lipinski definition) is 1. The third-order valence-electron chi connectivity index (χ3n) is 3.48. The molecule has 25 heavy (non-hydrogen) atoms. The fourth-order valence-electron chi connectivity index (χ4n) is 2.41. The number of fused-ring (bicyclic) bond motifs is 7. The van der Waals surface area contributed by atoms with Crippen molar-refractivity contribution in [3.8, 4) is 11.5 Å². The predicted octanol–water partition coefficient (Wildman–Crippen LogP) is 5.05. The highest BCUT2D eigenvalue weighted by molar-refractivity contribution is 5.62. The van der Waals surface area contributed by atoms with Crippen LogP contribution in [0.2, 0.25) is 0 Å². The Morgan fingerprint density at radius 2 is 2.00 bits per heavy atom. The second-order valence-electron chi connectivity index (χ2n) is 5.20. The van der Waals surface area contributed by atoms with E-state index in [0.717, 1.165) is 22.7 Å². The van der Waals surface area contributed by atoms with Gasteiger partial charge in [0.25, 0.3) is 0 Å². The van der Waals surface area contributed by atoms with E-state index in [1.807, 2.05) is 68.5 Å². The molecule has 0 spiro atoms. The zero-order valence-corrected chi connectivity index (χ0v) is 14.4. The van der Waals surface area contributed by atoms with Crippen LogP contribution in [0.3, 0.4) is 0 Å². The summed E-state index contributed by atoms with van der Waals surface area (Å²) in [5.74, 6) is 2.01. The Labute approximate surface area is 147 Å². The molecule has 0 fully saturated rings. The topological polar surface area (TPSA) is 60.2 Å². The molecule has 0 atom stereocenters. The molecule has 1 N–H and O–H groups in total. The first-order chi connectivity index (χ1) is 12.4. The summed E-state index contributed by atoms with van der Waals surface area (Å²) >= 11 is 0. The van der Waals surface area contributed by atoms with E-state index in [4.69, 9.17) is 9.15 Å². The smallest absolute Gasteiger partial charge is 0.227 e. The molecule has 2 aromatic heterocycles. The van der Waals surface area contributed by atoms with Crippen molar-refractivity contribution in [3.05, 3.63) is 66.1 Å². The molecular formula is C20H21N3O2. The minimum absolute atomic E-state index is 0.431. The normalized spacial score (nSPS) is 14.2. The summed E-state index contributed by atoms with van der Waals surface area (Å²) in [6.07, 6.45) is 5.72. The van der Waals surface area contributed by atoms with Crippen LogP contribution in [0.15, 0.2) is 59.2 Å². The highest BCUT2D eigenvalue weighted by atomic mass is 16.5. The molecule has 3 aromatic rings. The number of benzene rings is 1. The molecule has 6 bridgehead atoms. The van der Waals surface area contributed by atoms with Crippen molar-refractivity contribution < 1.29 is 9.15 Å². The van der Waals surface area contributed by atoms with Gasteiger partial charge >= 0.3 is 0 Å². The summed E-state index contributed by atoms with van der Waals surface area (Å²) in [4.78, 5) is 8.78. The average Bonchev–Trinajstić information content (AvgIpc) is 3.12. The van der Waals surface area contributed by atoms with Gasteiger partial charge in [0.05, 0.1) is 6.61 Å². The van der Waals surface area contributed by atoms with Crippen LogP contribution >= 0.6 is 0 Å². The van der Waals surface area contributed by atoms with Crippen LogP contribution in [0, 0.1) is 0 Å². The van der Waals surface area contributed by atoms with Crippen LogP contribution < -0.4 is 5.32 Å². The third-order valence-corrected chi connectivity index (χ3v) is 3.48. The van der Waals surface area contributed by atoms with Crippen molar-refractivity contribution in [2.24, 2.45) is 0 Å². The molecule has 1 aromatic carbocycles. The molecule has 1 aliphatic heterocycles. The number of anilines is 2. The maximum Gasteiger partial charge on any atom is 0.227 e. The van der Waals surface area contributed by atoms with Gasteiger partial charge in [0.1, 0.15) is 18.1 Å². The van der Waals surface area contributed by atoms with Crippen molar-refractivity contribution >= 4 is 17.7 Å². The Balaban J connectivity index is 0.000000880. The molecule has 0 amide bonds. The summed E-state index contributed by atoms with van der Waals surface area (Å²) in [7, 11) is 0. The lowest BCUT2D eigenvalue weighted by atomic mass is 10.2. The van der Waals surface area contributed by atoms with Crippen molar-refractivity contribution in [1.82, 2.24) is 9.97 Å². The molecule has 4 rings (SSSR count). The molecule has 0 saturated heterocycles. The van der Waals surface area contributed by atoms with Crippen LogP contribution in [0.1, 0.15) is 25.2 Å². The van der Waals surface area contributed by atoms with Gasteiger partial charge in [-0.3, -0.25) is 0 Å². The van der Waals surface area contributed by atoms with E-state index in [1.165, 1.54) is 0 Å². The molecular weight excluding hydrogens is 314 g/mol. The highest BCUT2D eigenvalue weighted by Gasteiger charge is 2.08. The molecule has 5 nitrogen and oxygen atoms in total. The number of aromatic nitrogens is 2. The van der Waals surface area contributed by atoms with E-state index in [0.29, 0.717) is 24.9 Å². The highest BCUT2D eigenvalue weighted by Crippen LogP contribution is 2.23. The maximum absolute atomic E-state index is 5.78. The molecule has 0 unspecified atom stereocenters. The van der Waals surface area contributed by atoms with Crippen LogP contribution in [0.5, 0.6) is 0 Å². The Kier molecular flexibility index (Phi) is 5.59. The number of rotatable bonds is 0. The lowest BCUT2D eigenvalue weighted by Gasteiger charge is -2.06. The fraction of sp³-hybridized carbons (Fsp3) is 0.200. The number of nitrogens with one attached hydrogen (secondary N) is 1. The van der Waals surface area contributed by atoms with E-state index in [-0.39, 0.29) is 0 Å². The first kappa shape index (κ1) is 16.9.